The lowest BCUT2D eigenvalue weighted by molar-refractivity contribution is -0.139. The van der Waals surface area contributed by atoms with Gasteiger partial charge in [-0.2, -0.15) is 0 Å². The minimum Gasteiger partial charge on any atom is -0.494 e. The van der Waals surface area contributed by atoms with E-state index in [0.717, 1.165) is 25.0 Å². The zero-order chi connectivity index (χ0) is 25.8. The van der Waals surface area contributed by atoms with Crippen molar-refractivity contribution in [3.05, 3.63) is 48.0 Å². The number of hydrogen-bond acceptors (Lipinski definition) is 6. The third-order valence-electron chi connectivity index (χ3n) is 8.47. The fraction of sp³-hybridized carbons (Fsp3) is 0.448. The second kappa shape index (κ2) is 9.01. The Kier molecular flexibility index (Phi) is 5.77. The summed E-state index contributed by atoms with van der Waals surface area (Å²) in [6.45, 7) is 4.51. The van der Waals surface area contributed by atoms with Gasteiger partial charge in [0.2, 0.25) is 17.7 Å². The summed E-state index contributed by atoms with van der Waals surface area (Å²) in [4.78, 5) is 54.8. The number of nitrogens with zero attached hydrogens (tertiary/aromatic N) is 2. The zero-order valence-electron chi connectivity index (χ0n) is 21.0. The second-order valence-electron chi connectivity index (χ2n) is 10.6. The van der Waals surface area contributed by atoms with Crippen molar-refractivity contribution in [1.82, 2.24) is 0 Å². The summed E-state index contributed by atoms with van der Waals surface area (Å²) >= 11 is 0. The first-order chi connectivity index (χ1) is 17.9. The first-order valence-corrected chi connectivity index (χ1v) is 13.1. The van der Waals surface area contributed by atoms with Crippen LogP contribution in [0.5, 0.6) is 11.5 Å². The molecule has 0 aromatic heterocycles. The third-order valence-corrected chi connectivity index (χ3v) is 8.47. The molecule has 0 unspecified atom stereocenters. The van der Waals surface area contributed by atoms with Crippen LogP contribution < -0.4 is 19.3 Å². The van der Waals surface area contributed by atoms with Crippen LogP contribution in [0.15, 0.2) is 42.5 Å². The Labute approximate surface area is 215 Å². The molecule has 2 heterocycles. The Balaban J connectivity index is 1.13. The number of benzene rings is 2. The highest BCUT2D eigenvalue weighted by atomic mass is 16.5. The summed E-state index contributed by atoms with van der Waals surface area (Å²) in [6, 6.07) is 12.2. The van der Waals surface area contributed by atoms with Crippen LogP contribution in [0.3, 0.4) is 0 Å². The maximum Gasteiger partial charge on any atom is 0.316 e. The quantitative estimate of drug-likeness (QED) is 0.338. The van der Waals surface area contributed by atoms with Gasteiger partial charge < -0.3 is 14.4 Å². The summed E-state index contributed by atoms with van der Waals surface area (Å²) in [6.07, 6.45) is 3.14. The van der Waals surface area contributed by atoms with Crippen molar-refractivity contribution in [2.24, 2.45) is 29.6 Å². The molecule has 3 amide bonds. The van der Waals surface area contributed by atoms with Gasteiger partial charge in [-0.15, -0.1) is 0 Å². The van der Waals surface area contributed by atoms with Crippen molar-refractivity contribution in [3.63, 3.8) is 0 Å². The molecule has 8 heteroatoms. The number of hydrogen-bond donors (Lipinski definition) is 0. The maximum absolute atomic E-state index is 13.2. The van der Waals surface area contributed by atoms with Crippen LogP contribution in [0.25, 0.3) is 0 Å². The van der Waals surface area contributed by atoms with Gasteiger partial charge in [0.25, 0.3) is 0 Å². The topological polar surface area (TPSA) is 93.2 Å². The summed E-state index contributed by atoms with van der Waals surface area (Å²) in [5.74, 6) is -0.0301. The number of anilines is 2. The molecule has 2 aliphatic heterocycles. The van der Waals surface area contributed by atoms with E-state index in [0.29, 0.717) is 41.1 Å². The van der Waals surface area contributed by atoms with E-state index in [1.165, 1.54) is 4.90 Å². The molecule has 5 atom stereocenters. The maximum atomic E-state index is 13.2. The van der Waals surface area contributed by atoms with Gasteiger partial charge in [-0.1, -0.05) is 0 Å². The molecule has 2 aromatic carbocycles. The van der Waals surface area contributed by atoms with E-state index in [1.54, 1.807) is 47.4 Å². The van der Waals surface area contributed by atoms with E-state index >= 15 is 0 Å². The number of rotatable bonds is 6. The number of imide groups is 1. The number of aryl methyl sites for hydroxylation is 1. The average molecular weight is 503 g/mol. The van der Waals surface area contributed by atoms with Crippen LogP contribution in [-0.4, -0.2) is 36.8 Å². The van der Waals surface area contributed by atoms with Gasteiger partial charge in [0.05, 0.1) is 30.0 Å². The average Bonchev–Trinajstić information content (AvgIpc) is 3.64. The van der Waals surface area contributed by atoms with Gasteiger partial charge in [-0.25, -0.2) is 4.90 Å². The van der Waals surface area contributed by atoms with E-state index in [-0.39, 0.29) is 42.5 Å². The lowest BCUT2D eigenvalue weighted by Crippen LogP contribution is -2.33. The molecule has 37 heavy (non-hydrogen) atoms. The highest BCUT2D eigenvalue weighted by molar-refractivity contribution is 6.23. The molecule has 192 valence electrons. The van der Waals surface area contributed by atoms with E-state index in [2.05, 4.69) is 0 Å². The zero-order valence-corrected chi connectivity index (χ0v) is 21.0. The Morgan fingerprint density at radius 3 is 2.22 bits per heavy atom. The van der Waals surface area contributed by atoms with Crippen molar-refractivity contribution in [3.8, 4) is 11.5 Å². The molecule has 8 nitrogen and oxygen atoms in total. The minimum atomic E-state index is -0.587. The predicted molar refractivity (Wildman–Crippen MR) is 135 cm³/mol. The van der Waals surface area contributed by atoms with Crippen molar-refractivity contribution in [2.45, 2.75) is 39.5 Å². The molecule has 2 aliphatic carbocycles. The van der Waals surface area contributed by atoms with Crippen molar-refractivity contribution in [1.29, 1.82) is 0 Å². The van der Waals surface area contributed by atoms with Crippen molar-refractivity contribution < 1.29 is 28.7 Å². The van der Waals surface area contributed by atoms with Gasteiger partial charge >= 0.3 is 5.97 Å². The lowest BCUT2D eigenvalue weighted by Gasteiger charge is -2.20. The molecule has 0 radical (unpaired) electrons. The Morgan fingerprint density at radius 2 is 1.59 bits per heavy atom. The Morgan fingerprint density at radius 1 is 0.946 bits per heavy atom. The number of esters is 1. The smallest absolute Gasteiger partial charge is 0.316 e. The van der Waals surface area contributed by atoms with E-state index in [9.17, 15) is 19.2 Å². The number of ether oxygens (including phenoxy) is 2. The largest absolute Gasteiger partial charge is 0.494 e. The molecular formula is C29H30N2O6. The fourth-order valence-electron chi connectivity index (χ4n) is 6.79. The monoisotopic (exact) mass is 502 g/mol. The number of carbonyl (C=O) groups is 4. The number of amides is 3. The Bertz CT molecular complexity index is 1260. The molecule has 0 spiro atoms. The van der Waals surface area contributed by atoms with E-state index in [4.69, 9.17) is 9.47 Å². The molecule has 2 aromatic rings. The van der Waals surface area contributed by atoms with Crippen LogP contribution in [0.1, 0.15) is 38.2 Å². The SMILES string of the molecule is CCOc1ccc(N2C[C@H](C(=O)Oc3ccc(N4C(=O)[C@@H]5[C@@H]6CC[C@@H](C6)[C@@H]5C4=O)c(C)c3)CC2=O)cc1. The van der Waals surface area contributed by atoms with Crippen LogP contribution in [0.2, 0.25) is 0 Å². The molecule has 4 fully saturated rings. The van der Waals surface area contributed by atoms with Crippen LogP contribution in [0, 0.1) is 36.5 Å². The summed E-state index contributed by atoms with van der Waals surface area (Å²) in [5.41, 5.74) is 1.96. The highest BCUT2D eigenvalue weighted by Gasteiger charge is 2.61. The lowest BCUT2D eigenvalue weighted by atomic mass is 9.81. The fourth-order valence-corrected chi connectivity index (χ4v) is 6.79. The van der Waals surface area contributed by atoms with Gasteiger partial charge in [0.1, 0.15) is 11.5 Å². The molecule has 2 saturated heterocycles. The van der Waals surface area contributed by atoms with E-state index in [1.807, 2.05) is 13.8 Å². The molecule has 2 bridgehead atoms. The molecule has 6 rings (SSSR count). The molecule has 2 saturated carbocycles. The second-order valence-corrected chi connectivity index (χ2v) is 10.6. The third kappa shape index (κ3) is 3.90. The highest BCUT2D eigenvalue weighted by Crippen LogP contribution is 2.56. The summed E-state index contributed by atoms with van der Waals surface area (Å²) in [7, 11) is 0. The van der Waals surface area contributed by atoms with Crippen molar-refractivity contribution in [2.75, 3.05) is 23.0 Å². The standard InChI is InChI=1S/C29H30N2O6/c1-3-36-21-8-6-20(7-9-21)30-15-19(14-24(30)32)29(35)37-22-10-11-23(16(2)12-22)31-27(33)25-17-4-5-18(13-17)26(25)28(31)34/h6-12,17-19,25-26H,3-5,13-15H2,1-2H3/t17-,18+,19-,25-,26+/m1/s1. The molecule has 4 aliphatic rings. The van der Waals surface area contributed by atoms with Crippen LogP contribution >= 0.6 is 0 Å². The molecular weight excluding hydrogens is 472 g/mol. The first-order valence-electron chi connectivity index (χ1n) is 13.1. The van der Waals surface area contributed by atoms with Gasteiger partial charge in [0, 0.05) is 18.7 Å². The normalized spacial score (nSPS) is 28.3. The van der Waals surface area contributed by atoms with Gasteiger partial charge in [-0.05, 0) is 93.0 Å². The number of carbonyl (C=O) groups excluding carboxylic acids is 4. The molecule has 0 N–H and O–H groups in total. The first kappa shape index (κ1) is 23.7. The van der Waals surface area contributed by atoms with Gasteiger partial charge in [0.15, 0.2) is 0 Å². The minimum absolute atomic E-state index is 0.0744. The Hall–Kier alpha value is -3.68. The van der Waals surface area contributed by atoms with E-state index < -0.39 is 11.9 Å². The van der Waals surface area contributed by atoms with Crippen LogP contribution in [0.4, 0.5) is 11.4 Å². The summed E-state index contributed by atoms with van der Waals surface area (Å²) < 4.78 is 11.1. The van der Waals surface area contributed by atoms with Gasteiger partial charge in [-0.3, -0.25) is 19.2 Å². The number of fused-ring (bicyclic) bond motifs is 5. The van der Waals surface area contributed by atoms with Crippen LogP contribution in [-0.2, 0) is 19.2 Å². The van der Waals surface area contributed by atoms with Crippen molar-refractivity contribution >= 4 is 35.1 Å². The predicted octanol–water partition coefficient (Wildman–Crippen LogP) is 3.89. The summed E-state index contributed by atoms with van der Waals surface area (Å²) in [5, 5.41) is 0.